The Morgan fingerprint density at radius 2 is 0.333 bits per heavy atom. The maximum atomic E-state index is 2.37. The van der Waals surface area contributed by atoms with Gasteiger partial charge in [-0.25, -0.2) is 0 Å². The van der Waals surface area contributed by atoms with Gasteiger partial charge in [-0.2, -0.15) is 0 Å². The highest BCUT2D eigenvalue weighted by Crippen LogP contribution is 2.48. The summed E-state index contributed by atoms with van der Waals surface area (Å²) < 4.78 is 0. The molecule has 60 heavy (non-hydrogen) atoms. The molecular formula is C60H122. The highest BCUT2D eigenvalue weighted by Gasteiger charge is 2.36. The SMILES string of the molecule is CCCCCCCCCCCCC(CCCCCCCCCCCC)C(CCCCCCCCCC)(CCCCCCCCCCCC)CCCCCCCCCCCC. The predicted molar refractivity (Wildman–Crippen MR) is 279 cm³/mol. The molecule has 0 nitrogen and oxygen atoms in total. The van der Waals surface area contributed by atoms with E-state index in [1.54, 1.807) is 32.1 Å². The maximum absolute atomic E-state index is 2.37. The lowest BCUT2D eigenvalue weighted by atomic mass is 9.62. The maximum Gasteiger partial charge on any atom is -0.0269 e. The van der Waals surface area contributed by atoms with Gasteiger partial charge in [-0.05, 0) is 43.4 Å². The molecule has 0 heteroatoms. The Bertz CT molecular complexity index is 688. The highest BCUT2D eigenvalue weighted by atomic mass is 14.4. The van der Waals surface area contributed by atoms with Gasteiger partial charge in [0.25, 0.3) is 0 Å². The highest BCUT2D eigenvalue weighted by molar-refractivity contribution is 4.87. The minimum absolute atomic E-state index is 0.626. The fourth-order valence-electron chi connectivity index (χ4n) is 11.0. The van der Waals surface area contributed by atoms with Gasteiger partial charge < -0.3 is 0 Å². The summed E-state index contributed by atoms with van der Waals surface area (Å²) in [5.41, 5.74) is 0.626. The fraction of sp³-hybridized carbons (Fsp3) is 1.00. The van der Waals surface area contributed by atoms with E-state index in [9.17, 15) is 0 Å². The molecule has 0 saturated heterocycles. The molecule has 0 radical (unpaired) electrons. The molecule has 0 unspecified atom stereocenters. The summed E-state index contributed by atoms with van der Waals surface area (Å²) in [6.45, 7) is 11.8. The Balaban J connectivity index is 5.76. The molecule has 0 bridgehead atoms. The van der Waals surface area contributed by atoms with Crippen LogP contribution in [0.1, 0.15) is 375 Å². The average molecular weight is 844 g/mol. The van der Waals surface area contributed by atoms with E-state index in [2.05, 4.69) is 34.6 Å². The lowest BCUT2D eigenvalue weighted by Gasteiger charge is -2.43. The first-order valence-electron chi connectivity index (χ1n) is 29.7. The van der Waals surface area contributed by atoms with Crippen LogP contribution in [0.5, 0.6) is 0 Å². The van der Waals surface area contributed by atoms with Crippen molar-refractivity contribution < 1.29 is 0 Å². The minimum Gasteiger partial charge on any atom is -0.0654 e. The molecule has 0 aliphatic carbocycles. The molecule has 0 fully saturated rings. The van der Waals surface area contributed by atoms with E-state index >= 15 is 0 Å². The minimum atomic E-state index is 0.626. The van der Waals surface area contributed by atoms with Crippen molar-refractivity contribution in [3.8, 4) is 0 Å². The molecule has 0 heterocycles. The van der Waals surface area contributed by atoms with Crippen LogP contribution in [0, 0.1) is 11.3 Å². The Morgan fingerprint density at radius 1 is 0.183 bits per heavy atom. The molecule has 0 aliphatic heterocycles. The predicted octanol–water partition coefficient (Wildman–Crippen LogP) is 23.4. The number of hydrogen-bond acceptors (Lipinski definition) is 0. The number of hydrogen-bond donors (Lipinski definition) is 0. The molecule has 362 valence electrons. The summed E-state index contributed by atoms with van der Waals surface area (Å²) in [6.07, 6.45) is 78.7. The van der Waals surface area contributed by atoms with Crippen LogP contribution in [0.15, 0.2) is 0 Å². The van der Waals surface area contributed by atoms with Crippen LogP contribution in [0.4, 0.5) is 0 Å². The summed E-state index contributed by atoms with van der Waals surface area (Å²) in [7, 11) is 0. The lowest BCUT2D eigenvalue weighted by Crippen LogP contribution is -2.32. The molecule has 0 spiro atoms. The Morgan fingerprint density at radius 3 is 0.517 bits per heavy atom. The van der Waals surface area contributed by atoms with Gasteiger partial charge in [0.1, 0.15) is 0 Å². The van der Waals surface area contributed by atoms with E-state index in [1.165, 1.54) is 308 Å². The zero-order chi connectivity index (χ0) is 43.6. The smallest absolute Gasteiger partial charge is 0.0269 e. The van der Waals surface area contributed by atoms with Crippen LogP contribution < -0.4 is 0 Å². The van der Waals surface area contributed by atoms with E-state index < -0.39 is 0 Å². The molecule has 0 amide bonds. The van der Waals surface area contributed by atoms with E-state index in [0.717, 1.165) is 5.92 Å². The number of unbranched alkanes of at least 4 members (excludes halogenated alkanes) is 43. The van der Waals surface area contributed by atoms with Crippen molar-refractivity contribution in [3.05, 3.63) is 0 Å². The van der Waals surface area contributed by atoms with Crippen LogP contribution in [0.3, 0.4) is 0 Å². The van der Waals surface area contributed by atoms with Gasteiger partial charge in [-0.3, -0.25) is 0 Å². The molecule has 0 N–H and O–H groups in total. The van der Waals surface area contributed by atoms with E-state index in [4.69, 9.17) is 0 Å². The number of rotatable bonds is 54. The molecule has 0 aromatic carbocycles. The van der Waals surface area contributed by atoms with Gasteiger partial charge in [0.15, 0.2) is 0 Å². The van der Waals surface area contributed by atoms with Crippen molar-refractivity contribution in [1.82, 2.24) is 0 Å². The molecule has 0 aromatic rings. The van der Waals surface area contributed by atoms with Gasteiger partial charge in [-0.15, -0.1) is 0 Å². The van der Waals surface area contributed by atoms with E-state index in [1.807, 2.05) is 0 Å². The lowest BCUT2D eigenvalue weighted by molar-refractivity contribution is 0.0813. The first-order valence-corrected chi connectivity index (χ1v) is 29.7. The van der Waals surface area contributed by atoms with Crippen LogP contribution in [-0.2, 0) is 0 Å². The Hall–Kier alpha value is 0. The topological polar surface area (TPSA) is 0 Å². The van der Waals surface area contributed by atoms with Crippen molar-refractivity contribution >= 4 is 0 Å². The summed E-state index contributed by atoms with van der Waals surface area (Å²) in [5.74, 6) is 0.988. The monoisotopic (exact) mass is 843 g/mol. The average Bonchev–Trinajstić information content (AvgIpc) is 3.26. The van der Waals surface area contributed by atoms with Gasteiger partial charge in [0.05, 0.1) is 0 Å². The van der Waals surface area contributed by atoms with Crippen molar-refractivity contribution in [2.45, 2.75) is 375 Å². The third-order valence-electron chi connectivity index (χ3n) is 15.3. The third kappa shape index (κ3) is 42.0. The second-order valence-electron chi connectivity index (χ2n) is 21.1. The van der Waals surface area contributed by atoms with Crippen molar-refractivity contribution in [3.63, 3.8) is 0 Å². The van der Waals surface area contributed by atoms with E-state index in [-0.39, 0.29) is 0 Å². The zero-order valence-electron chi connectivity index (χ0n) is 43.6. The van der Waals surface area contributed by atoms with Crippen LogP contribution >= 0.6 is 0 Å². The van der Waals surface area contributed by atoms with Crippen molar-refractivity contribution in [2.75, 3.05) is 0 Å². The van der Waals surface area contributed by atoms with Gasteiger partial charge in [0, 0.05) is 0 Å². The Labute approximate surface area is 384 Å². The van der Waals surface area contributed by atoms with E-state index in [0.29, 0.717) is 5.41 Å². The second-order valence-corrected chi connectivity index (χ2v) is 21.1. The zero-order valence-corrected chi connectivity index (χ0v) is 43.6. The first-order chi connectivity index (χ1) is 29.7. The second kappa shape index (κ2) is 51.6. The van der Waals surface area contributed by atoms with Crippen molar-refractivity contribution in [2.24, 2.45) is 11.3 Å². The normalized spacial score (nSPS) is 12.1. The van der Waals surface area contributed by atoms with Gasteiger partial charge in [0.2, 0.25) is 0 Å². The van der Waals surface area contributed by atoms with Gasteiger partial charge >= 0.3 is 0 Å². The molecule has 0 saturated carbocycles. The summed E-state index contributed by atoms with van der Waals surface area (Å²) in [5, 5.41) is 0. The quantitative estimate of drug-likeness (QED) is 0.0535. The summed E-state index contributed by atoms with van der Waals surface area (Å²) in [4.78, 5) is 0. The van der Waals surface area contributed by atoms with Gasteiger partial charge in [-0.1, -0.05) is 343 Å². The molecule has 0 atom stereocenters. The molecule has 0 aliphatic rings. The summed E-state index contributed by atoms with van der Waals surface area (Å²) >= 11 is 0. The third-order valence-corrected chi connectivity index (χ3v) is 15.3. The van der Waals surface area contributed by atoms with Crippen molar-refractivity contribution in [1.29, 1.82) is 0 Å². The Kier molecular flexibility index (Phi) is 51.6. The fourth-order valence-corrected chi connectivity index (χ4v) is 11.0. The largest absolute Gasteiger partial charge is 0.0654 e. The van der Waals surface area contributed by atoms with Crippen LogP contribution in [-0.4, -0.2) is 0 Å². The molecule has 0 rings (SSSR count). The van der Waals surface area contributed by atoms with Crippen LogP contribution in [0.25, 0.3) is 0 Å². The molecule has 0 aromatic heterocycles. The van der Waals surface area contributed by atoms with Crippen LogP contribution in [0.2, 0.25) is 0 Å². The standard InChI is InChI=1S/C60H122/c1-6-11-16-21-26-31-35-39-44-49-54-59(55-50-45-40-36-32-27-22-17-12-7-2)60(56-51-46-41-30-25-20-15-10-5,57-52-47-42-37-33-28-23-18-13-8-3)58-53-48-43-38-34-29-24-19-14-9-4/h59H,6-58H2,1-5H3. The first kappa shape index (κ1) is 60.0. The summed E-state index contributed by atoms with van der Waals surface area (Å²) in [6, 6.07) is 0. The molecular weight excluding hydrogens is 721 g/mol.